The average molecular weight is 493 g/mol. The smallest absolute Gasteiger partial charge is 0.387 e. The van der Waals surface area contributed by atoms with Crippen LogP contribution in [0, 0.1) is 11.6 Å². The second-order valence-corrected chi connectivity index (χ2v) is 12.8. The molecule has 1 aliphatic heterocycles. The van der Waals surface area contributed by atoms with Crippen molar-refractivity contribution in [3.63, 3.8) is 0 Å². The molecule has 1 fully saturated rings. The lowest BCUT2D eigenvalue weighted by Gasteiger charge is -2.31. The van der Waals surface area contributed by atoms with Crippen LogP contribution in [0.25, 0.3) is 5.57 Å². The predicted molar refractivity (Wildman–Crippen MR) is 128 cm³/mol. The van der Waals surface area contributed by atoms with Gasteiger partial charge >= 0.3 is 6.61 Å². The molecule has 2 aromatic carbocycles. The summed E-state index contributed by atoms with van der Waals surface area (Å²) in [5.41, 5.74) is -0.330. The molecule has 34 heavy (non-hydrogen) atoms. The summed E-state index contributed by atoms with van der Waals surface area (Å²) in [6, 6.07) is 13.4. The van der Waals surface area contributed by atoms with Gasteiger partial charge < -0.3 is 4.74 Å². The first-order chi connectivity index (χ1) is 16.3. The molecule has 1 atom stereocenters. The lowest BCUT2D eigenvalue weighted by Crippen LogP contribution is -2.24. The minimum atomic E-state index is -3.38. The largest absolute Gasteiger partial charge is 0.429 e. The Labute approximate surface area is 198 Å². The van der Waals surface area contributed by atoms with Crippen LogP contribution in [-0.2, 0) is 5.67 Å². The predicted octanol–water partition coefficient (Wildman–Crippen LogP) is 8.29. The summed E-state index contributed by atoms with van der Waals surface area (Å²) in [6.07, 6.45) is 8.46. The van der Waals surface area contributed by atoms with Crippen molar-refractivity contribution in [2.75, 3.05) is 0 Å². The van der Waals surface area contributed by atoms with Crippen LogP contribution in [0.3, 0.4) is 0 Å². The van der Waals surface area contributed by atoms with E-state index in [9.17, 15) is 17.6 Å². The van der Waals surface area contributed by atoms with E-state index < -0.39 is 38.5 Å². The number of rotatable bonds is 7. The fraction of sp³-hybridized carbons (Fsp3) is 0.407. The van der Waals surface area contributed by atoms with E-state index in [1.54, 1.807) is 18.2 Å². The molecule has 0 spiro atoms. The number of allylic oxidation sites excluding steroid dienone is 4. The molecule has 2 aromatic rings. The first-order valence-corrected chi connectivity index (χ1v) is 14.4. The van der Waals surface area contributed by atoms with Crippen molar-refractivity contribution in [2.24, 2.45) is 0 Å². The van der Waals surface area contributed by atoms with Crippen LogP contribution in [0.5, 0.6) is 5.75 Å². The Morgan fingerprint density at radius 1 is 1.06 bits per heavy atom. The summed E-state index contributed by atoms with van der Waals surface area (Å²) in [4.78, 5) is 0. The zero-order chi connectivity index (χ0) is 24.3. The Morgan fingerprint density at radius 2 is 1.71 bits per heavy atom. The van der Waals surface area contributed by atoms with Crippen LogP contribution < -0.4 is 4.74 Å². The molecule has 1 saturated heterocycles. The second kappa shape index (κ2) is 10.5. The van der Waals surface area contributed by atoms with Crippen molar-refractivity contribution in [2.45, 2.75) is 68.9 Å². The van der Waals surface area contributed by atoms with Crippen LogP contribution in [0.15, 0.2) is 54.6 Å². The lowest BCUT2D eigenvalue weighted by molar-refractivity contribution is -0.0547. The van der Waals surface area contributed by atoms with Gasteiger partial charge in [0.15, 0.2) is 23.1 Å². The van der Waals surface area contributed by atoms with E-state index in [1.165, 1.54) is 43.0 Å². The van der Waals surface area contributed by atoms with Gasteiger partial charge in [-0.3, -0.25) is 0 Å². The number of benzene rings is 2. The molecule has 182 valence electrons. The third-order valence-corrected chi connectivity index (χ3v) is 10.8. The van der Waals surface area contributed by atoms with Gasteiger partial charge in [0.1, 0.15) is 0 Å². The van der Waals surface area contributed by atoms with Gasteiger partial charge in [0, 0.05) is 20.8 Å². The highest BCUT2D eigenvalue weighted by Gasteiger charge is 2.39. The summed E-state index contributed by atoms with van der Waals surface area (Å²) in [6.45, 7) is -1.13. The van der Waals surface area contributed by atoms with Gasteiger partial charge in [0.25, 0.3) is 0 Å². The van der Waals surface area contributed by atoms with Crippen molar-refractivity contribution in [3.8, 4) is 5.75 Å². The van der Waals surface area contributed by atoms with E-state index in [0.717, 1.165) is 12.1 Å². The molecule has 0 bridgehead atoms. The van der Waals surface area contributed by atoms with E-state index in [1.807, 2.05) is 24.3 Å². The molecular formula is C27H29F5OSi. The maximum atomic E-state index is 16.3. The highest BCUT2D eigenvalue weighted by Crippen LogP contribution is 2.47. The molecular weight excluding hydrogens is 463 g/mol. The van der Waals surface area contributed by atoms with Crippen LogP contribution in [0.1, 0.15) is 55.2 Å². The molecule has 1 heterocycles. The molecule has 1 nitrogen and oxygen atoms in total. The quantitative estimate of drug-likeness (QED) is 0.279. The van der Waals surface area contributed by atoms with Crippen molar-refractivity contribution < 1.29 is 26.7 Å². The van der Waals surface area contributed by atoms with E-state index >= 15 is 4.39 Å². The van der Waals surface area contributed by atoms with Crippen molar-refractivity contribution >= 4 is 14.4 Å². The standard InChI is InChI=1S/C27H29F5OSi/c1-2-13-34-14-10-19(11-15-34)18-6-8-20(9-7-18)22-5-3-4-12-27(22,32)21-16-23(28)25(24(29)17-21)33-26(30)31/h3-9,16-17,19,26,34H,2,10-15H2,1H3. The minimum absolute atomic E-state index is 0.124. The summed E-state index contributed by atoms with van der Waals surface area (Å²) in [7, 11) is -0.572. The molecule has 1 aliphatic carbocycles. The topological polar surface area (TPSA) is 9.23 Å². The number of ether oxygens (including phenoxy) is 1. The third kappa shape index (κ3) is 5.14. The highest BCUT2D eigenvalue weighted by molar-refractivity contribution is 6.59. The maximum absolute atomic E-state index is 16.3. The van der Waals surface area contributed by atoms with Gasteiger partial charge in [-0.15, -0.1) is 0 Å². The van der Waals surface area contributed by atoms with Crippen molar-refractivity contribution in [3.05, 3.63) is 83.0 Å². The second-order valence-electron chi connectivity index (χ2n) is 9.29. The molecule has 2 aliphatic rings. The normalized spacial score (nSPS) is 24.9. The van der Waals surface area contributed by atoms with E-state index in [2.05, 4.69) is 11.7 Å². The number of halogens is 5. The Morgan fingerprint density at radius 3 is 2.29 bits per heavy atom. The Bertz CT molecular complexity index is 1030. The third-order valence-electron chi connectivity index (χ3n) is 7.12. The van der Waals surface area contributed by atoms with Gasteiger partial charge in [-0.1, -0.05) is 74.0 Å². The maximum Gasteiger partial charge on any atom is 0.387 e. The summed E-state index contributed by atoms with van der Waals surface area (Å²) < 4.78 is 73.9. The molecule has 0 N–H and O–H groups in total. The summed E-state index contributed by atoms with van der Waals surface area (Å²) >= 11 is 0. The number of hydrogen-bond acceptors (Lipinski definition) is 1. The summed E-state index contributed by atoms with van der Waals surface area (Å²) in [5.74, 6) is -3.41. The van der Waals surface area contributed by atoms with E-state index in [4.69, 9.17) is 0 Å². The zero-order valence-electron chi connectivity index (χ0n) is 19.2. The van der Waals surface area contributed by atoms with Gasteiger partial charge in [-0.05, 0) is 47.6 Å². The SMILES string of the molecule is CCC[SiH]1CCC(c2ccc(C3=CC=CCC3(F)c3cc(F)c(OC(F)F)c(F)c3)cc2)CC1. The number of alkyl halides is 3. The first kappa shape index (κ1) is 24.7. The molecule has 7 heteroatoms. The molecule has 4 rings (SSSR count). The van der Waals surface area contributed by atoms with E-state index in [0.29, 0.717) is 11.5 Å². The Kier molecular flexibility index (Phi) is 7.60. The monoisotopic (exact) mass is 492 g/mol. The van der Waals surface area contributed by atoms with Crippen LogP contribution in [0.4, 0.5) is 22.0 Å². The van der Waals surface area contributed by atoms with Crippen molar-refractivity contribution in [1.29, 1.82) is 0 Å². The summed E-state index contributed by atoms with van der Waals surface area (Å²) in [5, 5.41) is 0. The van der Waals surface area contributed by atoms with Gasteiger partial charge in [0.2, 0.25) is 0 Å². The molecule has 0 aromatic heterocycles. The Balaban J connectivity index is 1.58. The zero-order valence-corrected chi connectivity index (χ0v) is 20.3. The molecule has 0 radical (unpaired) electrons. The average Bonchev–Trinajstić information content (AvgIpc) is 2.82. The molecule has 0 amide bonds. The van der Waals surface area contributed by atoms with Crippen LogP contribution in [-0.4, -0.2) is 15.4 Å². The Hall–Kier alpha value is -2.41. The van der Waals surface area contributed by atoms with Gasteiger partial charge in [-0.25, -0.2) is 13.2 Å². The van der Waals surface area contributed by atoms with Gasteiger partial charge in [-0.2, -0.15) is 8.78 Å². The van der Waals surface area contributed by atoms with Crippen LogP contribution in [0.2, 0.25) is 18.1 Å². The fourth-order valence-corrected chi connectivity index (χ4v) is 8.78. The molecule has 1 unspecified atom stereocenters. The van der Waals surface area contributed by atoms with Gasteiger partial charge in [0.05, 0.1) is 0 Å². The lowest BCUT2D eigenvalue weighted by atomic mass is 9.78. The van der Waals surface area contributed by atoms with Crippen molar-refractivity contribution in [1.82, 2.24) is 0 Å². The fourth-order valence-electron chi connectivity index (χ4n) is 5.35. The molecule has 0 saturated carbocycles. The van der Waals surface area contributed by atoms with E-state index in [-0.39, 0.29) is 17.6 Å². The minimum Gasteiger partial charge on any atom is -0.429 e. The highest BCUT2D eigenvalue weighted by atomic mass is 28.3. The number of hydrogen-bond donors (Lipinski definition) is 0. The van der Waals surface area contributed by atoms with Crippen LogP contribution >= 0.6 is 0 Å². The first-order valence-electron chi connectivity index (χ1n) is 11.9.